The maximum atomic E-state index is 13.5. The van der Waals surface area contributed by atoms with Crippen LogP contribution in [0.3, 0.4) is 0 Å². The lowest BCUT2D eigenvalue weighted by Crippen LogP contribution is -2.57. The molecule has 0 aromatic carbocycles. The van der Waals surface area contributed by atoms with E-state index >= 15 is 0 Å². The predicted molar refractivity (Wildman–Crippen MR) is 109 cm³/mol. The number of rotatable bonds is 3. The number of methoxy groups -OCH3 is 1. The first-order valence-corrected chi connectivity index (χ1v) is 10.6. The number of esters is 2. The molecule has 1 saturated heterocycles. The number of carbonyl (C=O) groups is 3. The maximum absolute atomic E-state index is 13.5. The number of ether oxygens (including phenoxy) is 3. The van der Waals surface area contributed by atoms with Gasteiger partial charge < -0.3 is 29.5 Å². The third-order valence-electron chi connectivity index (χ3n) is 7.79. The van der Waals surface area contributed by atoms with E-state index in [1.165, 1.54) is 14.0 Å². The SMILES string of the molecule is COC[C@H]1OC(=O)C(=CO)C2=C(O)C(=O)C3=C([C@H](OC(C)=O)C[C@]4(C)[C@@H](O)CC[C@@H]34)[C@]21C. The molecule has 1 aliphatic heterocycles. The molecule has 0 aromatic rings. The average Bonchev–Trinajstić information content (AvgIpc) is 3.01. The summed E-state index contributed by atoms with van der Waals surface area (Å²) in [5.74, 6) is -3.20. The van der Waals surface area contributed by atoms with Gasteiger partial charge in [0.1, 0.15) is 17.8 Å². The molecule has 174 valence electrons. The number of aliphatic hydroxyl groups excluding tert-OH is 3. The van der Waals surface area contributed by atoms with Gasteiger partial charge in [-0.15, -0.1) is 0 Å². The number of hydrogen-bond donors (Lipinski definition) is 3. The lowest BCUT2D eigenvalue weighted by atomic mass is 9.53. The molecule has 0 radical (unpaired) electrons. The monoisotopic (exact) mass is 448 g/mol. The van der Waals surface area contributed by atoms with Gasteiger partial charge in [-0.3, -0.25) is 9.59 Å². The molecule has 1 saturated carbocycles. The number of aliphatic hydroxyl groups is 3. The van der Waals surface area contributed by atoms with Crippen LogP contribution in [-0.2, 0) is 28.6 Å². The van der Waals surface area contributed by atoms with Crippen LogP contribution in [0.1, 0.15) is 40.0 Å². The molecule has 9 heteroatoms. The Morgan fingerprint density at radius 2 is 1.97 bits per heavy atom. The van der Waals surface area contributed by atoms with Crippen molar-refractivity contribution in [1.29, 1.82) is 0 Å². The standard InChI is InChI=1S/C23H28O9/c1-10(25)31-13-7-22(2)12(5-6-14(22)26)16-18(13)23(3)15(9-30-4)32-21(29)11(8-24)17(23)20(28)19(16)27/h8,12-15,24,26,28H,5-7,9H2,1-4H3/t12-,13+,14-,15+,22-,23-/m0/s1. The molecule has 3 N–H and O–H groups in total. The van der Waals surface area contributed by atoms with E-state index in [1.807, 2.05) is 6.92 Å². The molecule has 0 amide bonds. The minimum absolute atomic E-state index is 0.0555. The van der Waals surface area contributed by atoms with Gasteiger partial charge >= 0.3 is 11.9 Å². The third kappa shape index (κ3) is 2.80. The highest BCUT2D eigenvalue weighted by Gasteiger charge is 2.64. The van der Waals surface area contributed by atoms with Crippen LogP contribution in [0, 0.1) is 16.7 Å². The Bertz CT molecular complexity index is 989. The van der Waals surface area contributed by atoms with Crippen LogP contribution in [-0.4, -0.2) is 65.1 Å². The number of carbonyl (C=O) groups excluding carboxylic acids is 3. The highest BCUT2D eigenvalue weighted by molar-refractivity contribution is 6.13. The molecule has 9 nitrogen and oxygen atoms in total. The van der Waals surface area contributed by atoms with Crippen LogP contribution in [0.4, 0.5) is 0 Å². The second-order valence-corrected chi connectivity index (χ2v) is 9.43. The summed E-state index contributed by atoms with van der Waals surface area (Å²) in [4.78, 5) is 38.1. The summed E-state index contributed by atoms with van der Waals surface area (Å²) in [6.45, 7) is 4.74. The van der Waals surface area contributed by atoms with Crippen LogP contribution in [0.25, 0.3) is 0 Å². The average molecular weight is 448 g/mol. The molecule has 0 unspecified atom stereocenters. The van der Waals surface area contributed by atoms with Crippen LogP contribution in [0.15, 0.2) is 34.3 Å². The number of hydrogen-bond acceptors (Lipinski definition) is 9. The van der Waals surface area contributed by atoms with E-state index < -0.39 is 52.6 Å². The largest absolute Gasteiger partial charge is 0.515 e. The number of fused-ring (bicyclic) bond motifs is 4. The van der Waals surface area contributed by atoms with Crippen molar-refractivity contribution in [2.75, 3.05) is 13.7 Å². The fourth-order valence-corrected chi connectivity index (χ4v) is 6.27. The second-order valence-electron chi connectivity index (χ2n) is 9.43. The van der Waals surface area contributed by atoms with Gasteiger partial charge in [0.25, 0.3) is 0 Å². The fourth-order valence-electron chi connectivity index (χ4n) is 6.27. The van der Waals surface area contributed by atoms with Crippen molar-refractivity contribution >= 4 is 17.7 Å². The van der Waals surface area contributed by atoms with Gasteiger partial charge in [0.05, 0.1) is 24.4 Å². The van der Waals surface area contributed by atoms with Crippen molar-refractivity contribution in [2.45, 2.75) is 58.3 Å². The molecule has 1 heterocycles. The lowest BCUT2D eigenvalue weighted by molar-refractivity contribution is -0.161. The Balaban J connectivity index is 2.03. The van der Waals surface area contributed by atoms with Gasteiger partial charge in [-0.05, 0) is 37.7 Å². The van der Waals surface area contributed by atoms with E-state index in [4.69, 9.17) is 14.2 Å². The van der Waals surface area contributed by atoms with Crippen molar-refractivity contribution in [1.82, 2.24) is 0 Å². The zero-order chi connectivity index (χ0) is 23.6. The normalized spacial score (nSPS) is 40.1. The summed E-state index contributed by atoms with van der Waals surface area (Å²) in [7, 11) is 1.43. The first-order chi connectivity index (χ1) is 15.0. The minimum atomic E-state index is -1.30. The Morgan fingerprint density at radius 1 is 1.28 bits per heavy atom. The fraction of sp³-hybridized carbons (Fsp3) is 0.609. The van der Waals surface area contributed by atoms with Gasteiger partial charge in [-0.1, -0.05) is 6.92 Å². The molecule has 2 fully saturated rings. The van der Waals surface area contributed by atoms with Crippen molar-refractivity contribution in [2.24, 2.45) is 16.7 Å². The number of ketones is 1. The molecular formula is C23H28O9. The molecule has 3 aliphatic carbocycles. The molecule has 6 atom stereocenters. The van der Waals surface area contributed by atoms with E-state index in [0.717, 1.165) is 0 Å². The van der Waals surface area contributed by atoms with E-state index in [1.54, 1.807) is 6.92 Å². The van der Waals surface area contributed by atoms with Gasteiger partial charge in [0, 0.05) is 30.6 Å². The maximum Gasteiger partial charge on any atom is 0.342 e. The summed E-state index contributed by atoms with van der Waals surface area (Å²) >= 11 is 0. The van der Waals surface area contributed by atoms with E-state index in [0.29, 0.717) is 24.7 Å². The Kier molecular flexibility index (Phi) is 5.25. The first-order valence-electron chi connectivity index (χ1n) is 10.6. The summed E-state index contributed by atoms with van der Waals surface area (Å²) in [5.41, 5.74) is -1.74. The van der Waals surface area contributed by atoms with Gasteiger partial charge in [-0.2, -0.15) is 0 Å². The van der Waals surface area contributed by atoms with Crippen LogP contribution in [0.2, 0.25) is 0 Å². The summed E-state index contributed by atoms with van der Waals surface area (Å²) in [6.07, 6.45) is -0.798. The predicted octanol–water partition coefficient (Wildman–Crippen LogP) is 1.81. The Labute approximate surface area is 185 Å². The zero-order valence-corrected chi connectivity index (χ0v) is 18.5. The molecule has 4 rings (SSSR count). The smallest absolute Gasteiger partial charge is 0.342 e. The topological polar surface area (TPSA) is 140 Å². The molecule has 32 heavy (non-hydrogen) atoms. The second kappa shape index (κ2) is 7.45. The first kappa shape index (κ1) is 22.5. The van der Waals surface area contributed by atoms with Crippen LogP contribution < -0.4 is 0 Å². The Morgan fingerprint density at radius 3 is 2.56 bits per heavy atom. The molecule has 0 aromatic heterocycles. The van der Waals surface area contributed by atoms with E-state index in [9.17, 15) is 29.7 Å². The Hall–Kier alpha value is -2.65. The molecule has 0 bridgehead atoms. The number of cyclic esters (lactones) is 1. The van der Waals surface area contributed by atoms with Crippen LogP contribution in [0.5, 0.6) is 0 Å². The van der Waals surface area contributed by atoms with Crippen molar-refractivity contribution in [3.63, 3.8) is 0 Å². The van der Waals surface area contributed by atoms with Crippen molar-refractivity contribution in [3.8, 4) is 0 Å². The lowest BCUT2D eigenvalue weighted by Gasteiger charge is -2.53. The van der Waals surface area contributed by atoms with Crippen molar-refractivity contribution in [3.05, 3.63) is 34.3 Å². The summed E-state index contributed by atoms with van der Waals surface area (Å²) in [5, 5.41) is 31.6. The van der Waals surface area contributed by atoms with E-state index in [2.05, 4.69) is 0 Å². The molecular weight excluding hydrogens is 420 g/mol. The summed E-state index contributed by atoms with van der Waals surface area (Å²) < 4.78 is 16.5. The number of allylic oxidation sites excluding steroid dienone is 1. The molecule has 4 aliphatic rings. The van der Waals surface area contributed by atoms with E-state index in [-0.39, 0.29) is 35.7 Å². The van der Waals surface area contributed by atoms with Gasteiger partial charge in [0.15, 0.2) is 5.76 Å². The van der Waals surface area contributed by atoms with Gasteiger partial charge in [0.2, 0.25) is 5.78 Å². The van der Waals surface area contributed by atoms with Gasteiger partial charge in [-0.25, -0.2) is 4.79 Å². The molecule has 0 spiro atoms. The quantitative estimate of drug-likeness (QED) is 0.335. The highest BCUT2D eigenvalue weighted by Crippen LogP contribution is 2.63. The number of Topliss-reactive ketones (excluding diaryl/α,β-unsaturated/α-hetero) is 1. The van der Waals surface area contributed by atoms with Crippen LogP contribution >= 0.6 is 0 Å². The third-order valence-corrected chi connectivity index (χ3v) is 7.79. The highest BCUT2D eigenvalue weighted by atomic mass is 16.6. The zero-order valence-electron chi connectivity index (χ0n) is 18.5. The summed E-state index contributed by atoms with van der Waals surface area (Å²) in [6, 6.07) is 0. The minimum Gasteiger partial charge on any atom is -0.515 e. The van der Waals surface area contributed by atoms with Crippen molar-refractivity contribution < 1.29 is 43.9 Å².